The molecule has 4 heteroatoms. The molecular formula is C40H52N2O2. The maximum Gasteiger partial charge on any atom is 0.124 e. The van der Waals surface area contributed by atoms with Crippen LogP contribution in [0.5, 0.6) is 11.5 Å². The molecule has 0 aliphatic rings. The minimum absolute atomic E-state index is 0.304. The molecule has 0 aliphatic heterocycles. The molecule has 0 unspecified atom stereocenters. The highest BCUT2D eigenvalue weighted by atomic mass is 16.3. The molecule has 0 aliphatic carbocycles. The lowest BCUT2D eigenvalue weighted by atomic mass is 10.0. The maximum absolute atomic E-state index is 10.2. The lowest BCUT2D eigenvalue weighted by Gasteiger charge is -2.04. The average molecular weight is 593 g/mol. The molecule has 0 radical (unpaired) electrons. The van der Waals surface area contributed by atoms with Gasteiger partial charge in [0, 0.05) is 36.6 Å². The van der Waals surface area contributed by atoms with E-state index in [1.807, 2.05) is 73.1 Å². The molecule has 0 saturated carbocycles. The first kappa shape index (κ1) is 33.2. The molecule has 0 bridgehead atoms. The van der Waals surface area contributed by atoms with E-state index in [1.165, 1.54) is 89.9 Å². The highest BCUT2D eigenvalue weighted by Crippen LogP contribution is 2.25. The summed E-state index contributed by atoms with van der Waals surface area (Å²) in [5.74, 6) is 0.607. The van der Waals surface area contributed by atoms with E-state index in [0.29, 0.717) is 11.5 Å². The molecule has 0 atom stereocenters. The van der Waals surface area contributed by atoms with E-state index in [9.17, 15) is 10.2 Å². The Kier molecular flexibility index (Phi) is 14.8. The SMILES string of the molecule is Oc1cc2ccccc2cc1C=NCCCCCCCCCCCCCCCCCCN=Cc1cc2ccccc2cc1O. The van der Waals surface area contributed by atoms with Crippen LogP contribution in [0, 0.1) is 0 Å². The van der Waals surface area contributed by atoms with Crippen LogP contribution in [0.15, 0.2) is 82.8 Å². The summed E-state index contributed by atoms with van der Waals surface area (Å²) in [7, 11) is 0. The predicted molar refractivity (Wildman–Crippen MR) is 190 cm³/mol. The molecule has 44 heavy (non-hydrogen) atoms. The number of hydrogen-bond acceptors (Lipinski definition) is 4. The standard InChI is InChI=1S/C40H52N2O2/c43-39-29-35-23-17-15-21-33(35)27-37(39)31-41-25-19-13-11-9-7-5-3-1-2-4-6-8-10-12-14-20-26-42-32-38-28-34-22-16-18-24-36(34)30-40(38)44/h15-18,21-24,27-32,43-44H,1-14,19-20,25-26H2. The van der Waals surface area contributed by atoms with Crippen molar-refractivity contribution in [2.75, 3.05) is 13.1 Å². The first-order chi connectivity index (χ1) is 21.7. The van der Waals surface area contributed by atoms with Crippen molar-refractivity contribution in [3.63, 3.8) is 0 Å². The van der Waals surface area contributed by atoms with Gasteiger partial charge in [-0.15, -0.1) is 0 Å². The number of fused-ring (bicyclic) bond motifs is 2. The lowest BCUT2D eigenvalue weighted by molar-refractivity contribution is 0.474. The Morgan fingerprint density at radius 2 is 0.659 bits per heavy atom. The molecule has 0 aromatic heterocycles. The second-order valence-corrected chi connectivity index (χ2v) is 12.2. The third-order valence-corrected chi connectivity index (χ3v) is 8.58. The molecule has 0 heterocycles. The molecule has 4 aromatic carbocycles. The second kappa shape index (κ2) is 19.6. The molecule has 0 amide bonds. The van der Waals surface area contributed by atoms with Crippen molar-refractivity contribution in [3.8, 4) is 11.5 Å². The van der Waals surface area contributed by atoms with Gasteiger partial charge in [-0.05, 0) is 58.7 Å². The summed E-state index contributed by atoms with van der Waals surface area (Å²) in [6, 6.07) is 23.9. The van der Waals surface area contributed by atoms with E-state index >= 15 is 0 Å². The second-order valence-electron chi connectivity index (χ2n) is 12.2. The Hall–Kier alpha value is -3.66. The number of unbranched alkanes of at least 4 members (excludes halogenated alkanes) is 15. The van der Waals surface area contributed by atoms with E-state index in [2.05, 4.69) is 22.1 Å². The van der Waals surface area contributed by atoms with E-state index in [4.69, 9.17) is 0 Å². The first-order valence-electron chi connectivity index (χ1n) is 17.1. The number of aromatic hydroxyl groups is 2. The summed E-state index contributed by atoms with van der Waals surface area (Å²) in [5, 5.41) is 24.8. The minimum Gasteiger partial charge on any atom is -0.507 e. The van der Waals surface area contributed by atoms with Crippen LogP contribution in [0.25, 0.3) is 21.5 Å². The van der Waals surface area contributed by atoms with Gasteiger partial charge in [-0.25, -0.2) is 0 Å². The summed E-state index contributed by atoms with van der Waals surface area (Å²) in [6.45, 7) is 1.67. The van der Waals surface area contributed by atoms with Gasteiger partial charge in [0.05, 0.1) is 0 Å². The molecule has 0 fully saturated rings. The Bertz CT molecular complexity index is 1350. The van der Waals surface area contributed by atoms with E-state index < -0.39 is 0 Å². The Morgan fingerprint density at radius 3 is 0.977 bits per heavy atom. The Balaban J connectivity index is 0.888. The minimum atomic E-state index is 0.304. The zero-order chi connectivity index (χ0) is 30.7. The summed E-state index contributed by atoms with van der Waals surface area (Å²) in [5.41, 5.74) is 1.61. The number of nitrogens with zero attached hydrogens (tertiary/aromatic N) is 2. The van der Waals surface area contributed by atoms with Gasteiger partial charge >= 0.3 is 0 Å². The number of phenols is 2. The predicted octanol–water partition coefficient (Wildman–Crippen LogP) is 11.2. The molecule has 2 N–H and O–H groups in total. The zero-order valence-electron chi connectivity index (χ0n) is 26.6. The van der Waals surface area contributed by atoms with Crippen LogP contribution in [-0.2, 0) is 0 Å². The smallest absolute Gasteiger partial charge is 0.124 e. The van der Waals surface area contributed by atoms with Crippen LogP contribution in [0.2, 0.25) is 0 Å². The van der Waals surface area contributed by atoms with Crippen molar-refractivity contribution in [2.24, 2.45) is 9.98 Å². The quantitative estimate of drug-likeness (QED) is 0.0746. The van der Waals surface area contributed by atoms with Crippen molar-refractivity contribution in [3.05, 3.63) is 83.9 Å². The molecular weight excluding hydrogens is 540 g/mol. The molecule has 4 aromatic rings. The lowest BCUT2D eigenvalue weighted by Crippen LogP contribution is -1.88. The van der Waals surface area contributed by atoms with Gasteiger partial charge in [0.1, 0.15) is 11.5 Å². The number of hydrogen-bond donors (Lipinski definition) is 2. The molecule has 0 spiro atoms. The van der Waals surface area contributed by atoms with Gasteiger partial charge in [0.25, 0.3) is 0 Å². The summed E-state index contributed by atoms with van der Waals surface area (Å²) in [4.78, 5) is 9.09. The largest absolute Gasteiger partial charge is 0.507 e. The number of rotatable bonds is 21. The Labute approximate surface area is 265 Å². The fourth-order valence-corrected chi connectivity index (χ4v) is 5.91. The number of aliphatic imine (C=N–C) groups is 2. The number of phenolic OH excluding ortho intramolecular Hbond substituents is 2. The van der Waals surface area contributed by atoms with Gasteiger partial charge < -0.3 is 10.2 Å². The van der Waals surface area contributed by atoms with Crippen molar-refractivity contribution in [1.82, 2.24) is 0 Å². The van der Waals surface area contributed by atoms with Crippen LogP contribution in [0.3, 0.4) is 0 Å². The highest BCUT2D eigenvalue weighted by Gasteiger charge is 2.02. The summed E-state index contributed by atoms with van der Waals surface area (Å²) < 4.78 is 0. The van der Waals surface area contributed by atoms with Gasteiger partial charge in [-0.2, -0.15) is 0 Å². The summed E-state index contributed by atoms with van der Waals surface area (Å²) >= 11 is 0. The van der Waals surface area contributed by atoms with E-state index in [0.717, 1.165) is 58.6 Å². The zero-order valence-corrected chi connectivity index (χ0v) is 26.6. The van der Waals surface area contributed by atoms with Gasteiger partial charge in [-0.1, -0.05) is 138 Å². The fraction of sp³-hybridized carbons (Fsp3) is 0.450. The maximum atomic E-state index is 10.2. The van der Waals surface area contributed by atoms with Crippen LogP contribution >= 0.6 is 0 Å². The van der Waals surface area contributed by atoms with Crippen molar-refractivity contribution in [1.29, 1.82) is 0 Å². The molecule has 4 rings (SSSR count). The molecule has 4 nitrogen and oxygen atoms in total. The van der Waals surface area contributed by atoms with Crippen molar-refractivity contribution >= 4 is 34.0 Å². The summed E-state index contributed by atoms with van der Waals surface area (Å²) in [6.07, 6.45) is 24.7. The van der Waals surface area contributed by atoms with Gasteiger partial charge in [-0.3, -0.25) is 9.98 Å². The fourth-order valence-electron chi connectivity index (χ4n) is 5.91. The van der Waals surface area contributed by atoms with Crippen molar-refractivity contribution in [2.45, 2.75) is 103 Å². The van der Waals surface area contributed by atoms with Gasteiger partial charge in [0.15, 0.2) is 0 Å². The van der Waals surface area contributed by atoms with Crippen LogP contribution in [0.1, 0.15) is 114 Å². The van der Waals surface area contributed by atoms with Crippen LogP contribution in [-0.4, -0.2) is 35.7 Å². The monoisotopic (exact) mass is 592 g/mol. The normalized spacial score (nSPS) is 11.9. The molecule has 0 saturated heterocycles. The topological polar surface area (TPSA) is 65.2 Å². The van der Waals surface area contributed by atoms with Crippen molar-refractivity contribution < 1.29 is 10.2 Å². The highest BCUT2D eigenvalue weighted by molar-refractivity contribution is 5.94. The Morgan fingerprint density at radius 1 is 0.386 bits per heavy atom. The third kappa shape index (κ3) is 11.8. The first-order valence-corrected chi connectivity index (χ1v) is 17.1. The van der Waals surface area contributed by atoms with Crippen LogP contribution in [0.4, 0.5) is 0 Å². The average Bonchev–Trinajstić information content (AvgIpc) is 3.03. The third-order valence-electron chi connectivity index (χ3n) is 8.58. The van der Waals surface area contributed by atoms with E-state index in [-0.39, 0.29) is 0 Å². The number of benzene rings is 4. The molecule has 234 valence electrons. The van der Waals surface area contributed by atoms with E-state index in [1.54, 1.807) is 0 Å². The van der Waals surface area contributed by atoms with Crippen LogP contribution < -0.4 is 0 Å². The van der Waals surface area contributed by atoms with Gasteiger partial charge in [0.2, 0.25) is 0 Å².